The Balaban J connectivity index is 1.76. The highest BCUT2D eigenvalue weighted by Gasteiger charge is 2.10. The molecule has 0 saturated carbocycles. The number of H-pyrrole nitrogens is 1. The van der Waals surface area contributed by atoms with Gasteiger partial charge < -0.3 is 14.4 Å². The topological polar surface area (TPSA) is 80.3 Å². The molecule has 0 spiro atoms. The number of nitrogens with one attached hydrogen (secondary N) is 1. The summed E-state index contributed by atoms with van der Waals surface area (Å²) in [6, 6.07) is 11.0. The Labute approximate surface area is 157 Å². The first kappa shape index (κ1) is 18.4. The van der Waals surface area contributed by atoms with Crippen molar-refractivity contribution in [3.05, 3.63) is 64.7 Å². The van der Waals surface area contributed by atoms with Crippen LogP contribution >= 0.6 is 0 Å². The van der Waals surface area contributed by atoms with Gasteiger partial charge in [0.2, 0.25) is 5.95 Å². The smallest absolute Gasteiger partial charge is 0.252 e. The maximum atomic E-state index is 12.0. The van der Waals surface area contributed by atoms with Crippen molar-refractivity contribution in [1.82, 2.24) is 15.0 Å². The van der Waals surface area contributed by atoms with Gasteiger partial charge in [0.25, 0.3) is 5.56 Å². The third-order valence-electron chi connectivity index (χ3n) is 4.25. The lowest BCUT2D eigenvalue weighted by Gasteiger charge is -2.18. The number of rotatable bonds is 7. The average molecular weight is 366 g/mol. The molecule has 1 N–H and O–H groups in total. The van der Waals surface area contributed by atoms with Crippen LogP contribution in [0.4, 0.5) is 5.95 Å². The van der Waals surface area contributed by atoms with Crippen LogP contribution in [0.3, 0.4) is 0 Å². The number of benzene rings is 1. The lowest BCUT2D eigenvalue weighted by atomic mass is 10.1. The third kappa shape index (κ3) is 4.44. The molecule has 0 radical (unpaired) electrons. The second kappa shape index (κ2) is 8.35. The first-order chi connectivity index (χ1) is 13.1. The van der Waals surface area contributed by atoms with Crippen LogP contribution in [0.15, 0.2) is 53.6 Å². The zero-order valence-corrected chi connectivity index (χ0v) is 15.6. The summed E-state index contributed by atoms with van der Waals surface area (Å²) in [6.07, 6.45) is 4.12. The van der Waals surface area contributed by atoms with Crippen molar-refractivity contribution in [1.29, 1.82) is 0 Å². The van der Waals surface area contributed by atoms with Crippen LogP contribution in [0.5, 0.6) is 11.5 Å². The highest BCUT2D eigenvalue weighted by atomic mass is 16.5. The van der Waals surface area contributed by atoms with Crippen LogP contribution in [-0.2, 0) is 6.42 Å². The molecule has 0 unspecified atom stereocenters. The van der Waals surface area contributed by atoms with Crippen molar-refractivity contribution in [2.45, 2.75) is 6.42 Å². The van der Waals surface area contributed by atoms with Gasteiger partial charge in [-0.2, -0.15) is 0 Å². The second-order valence-electron chi connectivity index (χ2n) is 6.05. The average Bonchev–Trinajstić information content (AvgIpc) is 2.71. The molecule has 0 aliphatic carbocycles. The number of likely N-dealkylation sites (N-methyl/N-ethyl adjacent to an activating group) is 1. The van der Waals surface area contributed by atoms with Crippen molar-refractivity contribution in [2.75, 3.05) is 32.7 Å². The summed E-state index contributed by atoms with van der Waals surface area (Å²) in [7, 11) is 5.13. The van der Waals surface area contributed by atoms with E-state index in [1.54, 1.807) is 26.6 Å². The zero-order chi connectivity index (χ0) is 19.2. The minimum Gasteiger partial charge on any atom is -0.493 e. The largest absolute Gasteiger partial charge is 0.493 e. The molecular formula is C20H22N4O3. The maximum Gasteiger partial charge on any atom is 0.252 e. The number of hydrogen-bond acceptors (Lipinski definition) is 6. The van der Waals surface area contributed by atoms with E-state index in [2.05, 4.69) is 15.0 Å². The van der Waals surface area contributed by atoms with E-state index in [0.29, 0.717) is 29.7 Å². The molecule has 27 heavy (non-hydrogen) atoms. The predicted octanol–water partition coefficient (Wildman–Crippen LogP) is 2.53. The number of hydrogen-bond donors (Lipinski definition) is 1. The Kier molecular flexibility index (Phi) is 5.71. The standard InChI is InChI=1S/C20H22N4O3/c1-24(11-8-14-4-5-17(26-2)18(12-14)27-3)20-22-16(13-19(25)23-20)15-6-9-21-10-7-15/h4-7,9-10,12-13H,8,11H2,1-3H3,(H,22,23,25). The molecule has 7 heteroatoms. The Morgan fingerprint density at radius 2 is 1.78 bits per heavy atom. The van der Waals surface area contributed by atoms with E-state index in [4.69, 9.17) is 9.47 Å². The van der Waals surface area contributed by atoms with E-state index >= 15 is 0 Å². The highest BCUT2D eigenvalue weighted by molar-refractivity contribution is 5.59. The van der Waals surface area contributed by atoms with Crippen molar-refractivity contribution in [3.63, 3.8) is 0 Å². The Bertz CT molecular complexity index is 957. The summed E-state index contributed by atoms with van der Waals surface area (Å²) < 4.78 is 10.6. The van der Waals surface area contributed by atoms with Crippen molar-refractivity contribution in [2.24, 2.45) is 0 Å². The van der Waals surface area contributed by atoms with Crippen LogP contribution in [0.1, 0.15) is 5.56 Å². The molecule has 0 amide bonds. The quantitative estimate of drug-likeness (QED) is 0.692. The normalized spacial score (nSPS) is 10.5. The minimum absolute atomic E-state index is 0.190. The van der Waals surface area contributed by atoms with E-state index < -0.39 is 0 Å². The first-order valence-corrected chi connectivity index (χ1v) is 8.54. The molecule has 0 saturated heterocycles. The third-order valence-corrected chi connectivity index (χ3v) is 4.25. The molecule has 2 heterocycles. The lowest BCUT2D eigenvalue weighted by molar-refractivity contribution is 0.354. The molecule has 7 nitrogen and oxygen atoms in total. The monoisotopic (exact) mass is 366 g/mol. The number of nitrogens with zero attached hydrogens (tertiary/aromatic N) is 3. The van der Waals surface area contributed by atoms with Crippen LogP contribution in [0, 0.1) is 0 Å². The molecule has 0 atom stereocenters. The fourth-order valence-corrected chi connectivity index (χ4v) is 2.73. The van der Waals surface area contributed by atoms with Crippen LogP contribution in [0.2, 0.25) is 0 Å². The molecule has 140 valence electrons. The number of aromatic nitrogens is 3. The molecule has 2 aromatic heterocycles. The summed E-state index contributed by atoms with van der Waals surface area (Å²) >= 11 is 0. The van der Waals surface area contributed by atoms with Gasteiger partial charge in [0.05, 0.1) is 19.9 Å². The Morgan fingerprint density at radius 1 is 1.04 bits per heavy atom. The van der Waals surface area contributed by atoms with E-state index in [1.165, 1.54) is 6.07 Å². The van der Waals surface area contributed by atoms with E-state index in [-0.39, 0.29) is 5.56 Å². The molecule has 1 aromatic carbocycles. The van der Waals surface area contributed by atoms with Crippen molar-refractivity contribution < 1.29 is 9.47 Å². The number of aromatic amines is 1. The van der Waals surface area contributed by atoms with E-state index in [9.17, 15) is 4.79 Å². The summed E-state index contributed by atoms with van der Waals surface area (Å²) in [5.41, 5.74) is 2.39. The van der Waals surface area contributed by atoms with Gasteiger partial charge in [-0.3, -0.25) is 14.8 Å². The summed E-state index contributed by atoms with van der Waals surface area (Å²) in [4.78, 5) is 25.3. The molecule has 0 aliphatic heterocycles. The summed E-state index contributed by atoms with van der Waals surface area (Å²) in [5, 5.41) is 0. The van der Waals surface area contributed by atoms with Crippen LogP contribution < -0.4 is 19.9 Å². The minimum atomic E-state index is -0.190. The second-order valence-corrected chi connectivity index (χ2v) is 6.05. The number of pyridine rings is 1. The molecule has 3 aromatic rings. The lowest BCUT2D eigenvalue weighted by Crippen LogP contribution is -2.25. The van der Waals surface area contributed by atoms with Gasteiger partial charge in [0.15, 0.2) is 11.5 Å². The zero-order valence-electron chi connectivity index (χ0n) is 15.6. The SMILES string of the molecule is COc1ccc(CCN(C)c2nc(-c3ccncc3)cc(=O)[nH]2)cc1OC. The van der Waals surface area contributed by atoms with E-state index in [0.717, 1.165) is 17.5 Å². The molecular weight excluding hydrogens is 344 g/mol. The number of anilines is 1. The number of methoxy groups -OCH3 is 2. The summed E-state index contributed by atoms with van der Waals surface area (Å²) in [5.74, 6) is 1.92. The van der Waals surface area contributed by atoms with Crippen LogP contribution in [-0.4, -0.2) is 42.8 Å². The fourth-order valence-electron chi connectivity index (χ4n) is 2.73. The van der Waals surface area contributed by atoms with Gasteiger partial charge in [-0.15, -0.1) is 0 Å². The molecule has 0 fully saturated rings. The summed E-state index contributed by atoms with van der Waals surface area (Å²) in [6.45, 7) is 0.679. The van der Waals surface area contributed by atoms with Crippen molar-refractivity contribution in [3.8, 4) is 22.8 Å². The van der Waals surface area contributed by atoms with Gasteiger partial charge >= 0.3 is 0 Å². The molecule has 0 aliphatic rings. The molecule has 3 rings (SSSR count). The van der Waals surface area contributed by atoms with Crippen molar-refractivity contribution >= 4 is 5.95 Å². The number of ether oxygens (including phenoxy) is 2. The van der Waals surface area contributed by atoms with E-state index in [1.807, 2.05) is 42.3 Å². The first-order valence-electron chi connectivity index (χ1n) is 8.54. The van der Waals surface area contributed by atoms with Gasteiger partial charge in [0, 0.05) is 37.6 Å². The predicted molar refractivity (Wildman–Crippen MR) is 105 cm³/mol. The van der Waals surface area contributed by atoms with Gasteiger partial charge in [-0.05, 0) is 36.2 Å². The fraction of sp³-hybridized carbons (Fsp3) is 0.250. The van der Waals surface area contributed by atoms with Gasteiger partial charge in [-0.25, -0.2) is 4.98 Å². The maximum absolute atomic E-state index is 12.0. The van der Waals surface area contributed by atoms with Crippen LogP contribution in [0.25, 0.3) is 11.3 Å². The Morgan fingerprint density at radius 3 is 2.48 bits per heavy atom. The highest BCUT2D eigenvalue weighted by Crippen LogP contribution is 2.27. The van der Waals surface area contributed by atoms with Gasteiger partial charge in [0.1, 0.15) is 0 Å². The van der Waals surface area contributed by atoms with Gasteiger partial charge in [-0.1, -0.05) is 6.07 Å². The Hall–Kier alpha value is -3.35. The molecule has 0 bridgehead atoms.